The van der Waals surface area contributed by atoms with Crippen LogP contribution in [0.4, 0.5) is 0 Å². The Bertz CT molecular complexity index is 429. The van der Waals surface area contributed by atoms with Crippen LogP contribution in [0.25, 0.3) is 0 Å². The van der Waals surface area contributed by atoms with Crippen molar-refractivity contribution in [1.29, 1.82) is 0 Å². The minimum Gasteiger partial charge on any atom is -0.462 e. The largest absolute Gasteiger partial charge is 0.462 e. The highest BCUT2D eigenvalue weighted by atomic mass is 16.5. The molecule has 1 aliphatic heterocycles. The molecule has 0 fully saturated rings. The van der Waals surface area contributed by atoms with Crippen molar-refractivity contribution in [1.82, 2.24) is 0 Å². The first-order valence-corrected chi connectivity index (χ1v) is 4.86. The van der Waals surface area contributed by atoms with Gasteiger partial charge in [-0.3, -0.25) is 0 Å². The Morgan fingerprint density at radius 1 is 1.25 bits per heavy atom. The summed E-state index contributed by atoms with van der Waals surface area (Å²) in [6.45, 7) is 1.98. The van der Waals surface area contributed by atoms with Gasteiger partial charge in [0.1, 0.15) is 0 Å². The van der Waals surface area contributed by atoms with Gasteiger partial charge in [-0.1, -0.05) is 30.3 Å². The van der Waals surface area contributed by atoms with Gasteiger partial charge in [-0.2, -0.15) is 0 Å². The molecule has 16 heavy (non-hydrogen) atoms. The van der Waals surface area contributed by atoms with E-state index in [1.165, 1.54) is 0 Å². The van der Waals surface area contributed by atoms with E-state index in [2.05, 4.69) is 20.7 Å². The number of carbonyl (C=O) groups is 1. The van der Waals surface area contributed by atoms with Crippen molar-refractivity contribution >= 4 is 5.97 Å². The molecule has 1 heterocycles. The molecule has 1 aromatic carbocycles. The number of nitrogens with zero attached hydrogens (tertiary/aromatic N) is 4. The zero-order valence-corrected chi connectivity index (χ0v) is 8.70. The first-order chi connectivity index (χ1) is 7.79. The summed E-state index contributed by atoms with van der Waals surface area (Å²) in [7, 11) is 0. The molecule has 6 heteroatoms. The summed E-state index contributed by atoms with van der Waals surface area (Å²) in [6.07, 6.45) is 0. The van der Waals surface area contributed by atoms with Crippen LogP contribution >= 0.6 is 0 Å². The number of hydrogen-bond acceptors (Lipinski definition) is 6. The Balaban J connectivity index is 2.42. The highest BCUT2D eigenvalue weighted by molar-refractivity contribution is 5.82. The van der Waals surface area contributed by atoms with E-state index in [-0.39, 0.29) is 6.61 Å². The van der Waals surface area contributed by atoms with E-state index in [0.717, 1.165) is 0 Å². The third-order valence-corrected chi connectivity index (χ3v) is 2.16. The van der Waals surface area contributed by atoms with E-state index >= 15 is 0 Å². The molecule has 0 spiro atoms. The van der Waals surface area contributed by atoms with E-state index in [4.69, 9.17) is 4.74 Å². The molecule has 0 radical (unpaired) electrons. The molecule has 0 N–H and O–H groups in total. The molecular weight excluding hydrogens is 208 g/mol. The highest BCUT2D eigenvalue weighted by Crippen LogP contribution is 2.33. The number of rotatable bonds is 3. The predicted octanol–water partition coefficient (Wildman–Crippen LogP) is 2.24. The Kier molecular flexibility index (Phi) is 2.72. The van der Waals surface area contributed by atoms with Crippen molar-refractivity contribution in [2.45, 2.75) is 12.6 Å². The molecule has 0 aliphatic carbocycles. The molecule has 6 nitrogen and oxygen atoms in total. The van der Waals surface area contributed by atoms with Gasteiger partial charge in [0.2, 0.25) is 0 Å². The van der Waals surface area contributed by atoms with E-state index in [9.17, 15) is 4.79 Å². The first-order valence-electron chi connectivity index (χ1n) is 4.86. The van der Waals surface area contributed by atoms with E-state index < -0.39 is 11.6 Å². The van der Waals surface area contributed by atoms with Crippen molar-refractivity contribution in [2.75, 3.05) is 6.61 Å². The number of ether oxygens (including phenoxy) is 1. The molecule has 1 aliphatic rings. The van der Waals surface area contributed by atoms with Crippen LogP contribution in [0, 0.1) is 0 Å². The van der Waals surface area contributed by atoms with Crippen LogP contribution in [-0.4, -0.2) is 12.6 Å². The maximum Gasteiger partial charge on any atom is 0.365 e. The summed E-state index contributed by atoms with van der Waals surface area (Å²) >= 11 is 0. The minimum absolute atomic E-state index is 0.262. The molecule has 0 aromatic heterocycles. The lowest BCUT2D eigenvalue weighted by atomic mass is 10.0. The zero-order chi connectivity index (χ0) is 11.4. The van der Waals surface area contributed by atoms with Gasteiger partial charge in [0, 0.05) is 5.56 Å². The number of benzene rings is 1. The van der Waals surface area contributed by atoms with Crippen molar-refractivity contribution in [3.63, 3.8) is 0 Å². The van der Waals surface area contributed by atoms with Gasteiger partial charge in [0.25, 0.3) is 0 Å². The van der Waals surface area contributed by atoms with Gasteiger partial charge < -0.3 is 4.74 Å². The van der Waals surface area contributed by atoms with Crippen LogP contribution < -0.4 is 0 Å². The lowest BCUT2D eigenvalue weighted by Gasteiger charge is -2.17. The molecule has 1 aromatic rings. The van der Waals surface area contributed by atoms with Crippen LogP contribution in [0.15, 0.2) is 51.0 Å². The van der Waals surface area contributed by atoms with Crippen LogP contribution in [0.5, 0.6) is 0 Å². The molecule has 0 amide bonds. The van der Waals surface area contributed by atoms with Crippen LogP contribution in [-0.2, 0) is 15.2 Å². The fourth-order valence-corrected chi connectivity index (χ4v) is 1.41. The molecule has 0 bridgehead atoms. The topological polar surface area (TPSA) is 75.7 Å². The Labute approximate surface area is 92.0 Å². The van der Waals surface area contributed by atoms with Gasteiger partial charge in [0.05, 0.1) is 6.61 Å². The second kappa shape index (κ2) is 4.18. The summed E-state index contributed by atoms with van der Waals surface area (Å²) in [5.74, 6) is -0.564. The lowest BCUT2D eigenvalue weighted by molar-refractivity contribution is -0.149. The zero-order valence-electron chi connectivity index (χ0n) is 8.70. The van der Waals surface area contributed by atoms with Gasteiger partial charge in [0.15, 0.2) is 0 Å². The molecule has 0 saturated carbocycles. The first kappa shape index (κ1) is 10.4. The number of hydrogen-bond donors (Lipinski definition) is 0. The second-order valence-electron chi connectivity index (χ2n) is 3.14. The van der Waals surface area contributed by atoms with Crippen molar-refractivity contribution in [3.8, 4) is 0 Å². The third kappa shape index (κ3) is 1.58. The van der Waals surface area contributed by atoms with E-state index in [0.29, 0.717) is 5.56 Å². The summed E-state index contributed by atoms with van der Waals surface area (Å²) in [6, 6.07) is 8.89. The summed E-state index contributed by atoms with van der Waals surface area (Å²) in [4.78, 5) is 11.8. The predicted molar refractivity (Wildman–Crippen MR) is 54.5 cm³/mol. The third-order valence-electron chi connectivity index (χ3n) is 2.16. The van der Waals surface area contributed by atoms with Crippen molar-refractivity contribution in [3.05, 3.63) is 35.9 Å². The molecule has 82 valence electrons. The van der Waals surface area contributed by atoms with Gasteiger partial charge >= 0.3 is 11.6 Å². The molecule has 0 unspecified atom stereocenters. The molecule has 0 saturated heterocycles. The summed E-state index contributed by atoms with van der Waals surface area (Å²) < 4.78 is 4.94. The molecular formula is C10H10N4O2. The highest BCUT2D eigenvalue weighted by Gasteiger charge is 2.45. The van der Waals surface area contributed by atoms with Crippen molar-refractivity contribution in [2.24, 2.45) is 20.7 Å². The Morgan fingerprint density at radius 2 is 1.88 bits per heavy atom. The smallest absolute Gasteiger partial charge is 0.365 e. The standard InChI is InChI=1S/C10H10N4O2/c1-2-16-9(15)10(11-13-14-12-10)8-6-4-3-5-7-8/h3-7H,2H2,1H3. The Morgan fingerprint density at radius 3 is 2.44 bits per heavy atom. The summed E-state index contributed by atoms with van der Waals surface area (Å²) in [5, 5.41) is 14.3. The minimum atomic E-state index is -1.45. The normalized spacial score (nSPS) is 16.3. The van der Waals surface area contributed by atoms with Crippen molar-refractivity contribution < 1.29 is 9.53 Å². The average molecular weight is 218 g/mol. The maximum atomic E-state index is 11.8. The second-order valence-corrected chi connectivity index (χ2v) is 3.14. The fourth-order valence-electron chi connectivity index (χ4n) is 1.41. The van der Waals surface area contributed by atoms with E-state index in [1.807, 2.05) is 6.07 Å². The van der Waals surface area contributed by atoms with E-state index in [1.54, 1.807) is 31.2 Å². The van der Waals surface area contributed by atoms with Crippen LogP contribution in [0.2, 0.25) is 0 Å². The Hall–Kier alpha value is -2.11. The molecule has 2 rings (SSSR count). The quantitative estimate of drug-likeness (QED) is 0.729. The monoisotopic (exact) mass is 218 g/mol. The lowest BCUT2D eigenvalue weighted by Crippen LogP contribution is -2.32. The number of carbonyl (C=O) groups excluding carboxylic acids is 1. The van der Waals surface area contributed by atoms with Crippen LogP contribution in [0.1, 0.15) is 12.5 Å². The van der Waals surface area contributed by atoms with Crippen LogP contribution in [0.3, 0.4) is 0 Å². The maximum absolute atomic E-state index is 11.8. The van der Waals surface area contributed by atoms with Gasteiger partial charge in [-0.05, 0) is 17.4 Å². The van der Waals surface area contributed by atoms with Gasteiger partial charge in [-0.25, -0.2) is 4.79 Å². The SMILES string of the molecule is CCOC(=O)C1(c2ccccc2)N=NN=N1. The summed E-state index contributed by atoms with van der Waals surface area (Å²) in [5.41, 5.74) is -0.851. The molecule has 0 atom stereocenters. The van der Waals surface area contributed by atoms with Gasteiger partial charge in [-0.15, -0.1) is 10.2 Å². The fraction of sp³-hybridized carbons (Fsp3) is 0.300. The number of esters is 1. The average Bonchev–Trinajstić information content (AvgIpc) is 2.81.